The highest BCUT2D eigenvalue weighted by Crippen LogP contribution is 2.33. The summed E-state index contributed by atoms with van der Waals surface area (Å²) >= 11 is 0. The van der Waals surface area contributed by atoms with E-state index in [-0.39, 0.29) is 11.3 Å². The maximum absolute atomic E-state index is 14.5. The Balaban J connectivity index is 1.65. The Morgan fingerprint density at radius 2 is 1.94 bits per heavy atom. The number of benzene rings is 1. The predicted molar refractivity (Wildman–Crippen MR) is 143 cm³/mol. The number of carbonyl (C=O) groups is 1. The summed E-state index contributed by atoms with van der Waals surface area (Å²) in [5, 5.41) is 12.9. The number of anilines is 4. The first kappa shape index (κ1) is 25.3. The second-order valence-electron chi connectivity index (χ2n) is 10.1. The summed E-state index contributed by atoms with van der Waals surface area (Å²) in [6.45, 7) is 13.1. The van der Waals surface area contributed by atoms with Crippen LogP contribution in [-0.2, 0) is 17.6 Å². The molecule has 0 fully saturated rings. The summed E-state index contributed by atoms with van der Waals surface area (Å²) in [6.07, 6.45) is 4.67. The number of carbonyl (C=O) groups excluding carboxylic acids is 1. The lowest BCUT2D eigenvalue weighted by molar-refractivity contribution is 0.0958. The summed E-state index contributed by atoms with van der Waals surface area (Å²) in [5.41, 5.74) is 3.75. The fourth-order valence-corrected chi connectivity index (χ4v) is 4.29. The van der Waals surface area contributed by atoms with Crippen LogP contribution in [0.4, 0.5) is 27.3 Å². The Morgan fingerprint density at radius 3 is 2.69 bits per heavy atom. The normalized spacial score (nSPS) is 14.5. The van der Waals surface area contributed by atoms with Crippen LogP contribution in [0.3, 0.4) is 0 Å². The quantitative estimate of drug-likeness (QED) is 0.315. The summed E-state index contributed by atoms with van der Waals surface area (Å²) in [4.78, 5) is 21.4. The zero-order chi connectivity index (χ0) is 25.9. The average molecular weight is 489 g/mol. The van der Waals surface area contributed by atoms with Crippen molar-refractivity contribution in [3.63, 3.8) is 0 Å². The molecule has 0 spiro atoms. The molecule has 7 nitrogen and oxygen atoms in total. The molecule has 3 heterocycles. The predicted octanol–water partition coefficient (Wildman–Crippen LogP) is 5.47. The molecule has 1 aromatic carbocycles. The van der Waals surface area contributed by atoms with Crippen molar-refractivity contribution >= 4 is 28.8 Å². The minimum atomic E-state index is -1.59. The van der Waals surface area contributed by atoms with E-state index < -0.39 is 5.67 Å². The smallest absolute Gasteiger partial charge is 0.255 e. The van der Waals surface area contributed by atoms with Gasteiger partial charge in [0.1, 0.15) is 11.5 Å². The van der Waals surface area contributed by atoms with Crippen LogP contribution in [-0.4, -0.2) is 29.0 Å². The molecule has 0 atom stereocenters. The highest BCUT2D eigenvalue weighted by Gasteiger charge is 2.27. The number of nitrogens with one attached hydrogen (secondary N) is 4. The van der Waals surface area contributed by atoms with Crippen LogP contribution in [0.1, 0.15) is 54.9 Å². The van der Waals surface area contributed by atoms with Crippen LogP contribution in [0.5, 0.6) is 0 Å². The van der Waals surface area contributed by atoms with Gasteiger partial charge in [-0.05, 0) is 49.2 Å². The number of alkyl halides is 1. The number of amides is 1. The summed E-state index contributed by atoms with van der Waals surface area (Å²) in [6, 6.07) is 11.5. The van der Waals surface area contributed by atoms with Crippen molar-refractivity contribution in [2.75, 3.05) is 23.7 Å². The molecule has 8 heteroatoms. The average Bonchev–Trinajstić information content (AvgIpc) is 2.82. The molecule has 4 rings (SSSR count). The first-order valence-electron chi connectivity index (χ1n) is 12.0. The number of hydrogen-bond acceptors (Lipinski definition) is 6. The molecular weight excluding hydrogens is 455 g/mol. The molecule has 1 aliphatic heterocycles. The number of aromatic nitrogens is 2. The van der Waals surface area contributed by atoms with E-state index in [2.05, 4.69) is 63.8 Å². The van der Waals surface area contributed by atoms with Gasteiger partial charge in [-0.25, -0.2) is 9.37 Å². The number of hydrogen-bond donors (Lipinski definition) is 4. The summed E-state index contributed by atoms with van der Waals surface area (Å²) in [5.74, 6) is 0.277. The molecule has 1 amide bonds. The highest BCUT2D eigenvalue weighted by atomic mass is 19.1. The van der Waals surface area contributed by atoms with Crippen molar-refractivity contribution in [3.8, 4) is 0 Å². The molecule has 4 N–H and O–H groups in total. The van der Waals surface area contributed by atoms with Gasteiger partial charge in [-0.2, -0.15) is 0 Å². The molecule has 0 unspecified atom stereocenters. The van der Waals surface area contributed by atoms with E-state index in [0.717, 1.165) is 18.8 Å². The second kappa shape index (κ2) is 10.1. The molecule has 0 aliphatic carbocycles. The van der Waals surface area contributed by atoms with Crippen molar-refractivity contribution in [1.29, 1.82) is 0 Å². The zero-order valence-electron chi connectivity index (χ0n) is 21.2. The van der Waals surface area contributed by atoms with Gasteiger partial charge in [0.15, 0.2) is 0 Å². The van der Waals surface area contributed by atoms with Gasteiger partial charge in [-0.3, -0.25) is 9.78 Å². The summed E-state index contributed by atoms with van der Waals surface area (Å²) < 4.78 is 14.5. The molecule has 0 radical (unpaired) electrons. The maximum atomic E-state index is 14.5. The van der Waals surface area contributed by atoms with Crippen molar-refractivity contribution < 1.29 is 9.18 Å². The maximum Gasteiger partial charge on any atom is 0.255 e. The Bertz CT molecular complexity index is 1280. The van der Waals surface area contributed by atoms with Crippen LogP contribution in [0, 0.1) is 0 Å². The van der Waals surface area contributed by atoms with E-state index in [1.165, 1.54) is 31.2 Å². The topological polar surface area (TPSA) is 91.0 Å². The lowest BCUT2D eigenvalue weighted by Crippen LogP contribution is -2.38. The lowest BCUT2D eigenvalue weighted by atomic mass is 9.79. The van der Waals surface area contributed by atoms with Crippen LogP contribution < -0.4 is 21.3 Å². The third kappa shape index (κ3) is 5.71. The van der Waals surface area contributed by atoms with Crippen LogP contribution in [0.25, 0.3) is 0 Å². The van der Waals surface area contributed by atoms with Crippen LogP contribution >= 0.6 is 0 Å². The number of pyridine rings is 2. The van der Waals surface area contributed by atoms with Crippen molar-refractivity contribution in [2.45, 2.75) is 45.3 Å². The van der Waals surface area contributed by atoms with Gasteiger partial charge in [-0.15, -0.1) is 6.58 Å². The standard InChI is InChI=1S/C28H33FN6O/c1-6-10-32-26(36)21-16-33-25(14-23(21)34-20-9-11-31-24(13-20)28(4,5)29)35-19-7-8-22-18(12-19)15-30-17-27(22,2)3/h6-9,11-14,16,30H,1,10,15,17H2,2-5H3,(H,32,36)(H2,31,33,34,35). The largest absolute Gasteiger partial charge is 0.355 e. The molecule has 0 bridgehead atoms. The fraction of sp³-hybridized carbons (Fsp3) is 0.321. The number of rotatable bonds is 8. The Kier molecular flexibility index (Phi) is 7.08. The minimum absolute atomic E-state index is 0.0689. The minimum Gasteiger partial charge on any atom is -0.355 e. The number of halogens is 1. The van der Waals surface area contributed by atoms with Gasteiger partial charge in [0.2, 0.25) is 0 Å². The van der Waals surface area contributed by atoms with Crippen molar-refractivity contribution in [3.05, 3.63) is 83.8 Å². The van der Waals surface area contributed by atoms with E-state index in [1.807, 2.05) is 6.07 Å². The van der Waals surface area contributed by atoms with Gasteiger partial charge < -0.3 is 21.3 Å². The lowest BCUT2D eigenvalue weighted by Gasteiger charge is -2.33. The SMILES string of the molecule is C=CCNC(=O)c1cnc(Nc2ccc3c(c2)CNCC3(C)C)cc1Nc1ccnc(C(C)(C)F)c1. The highest BCUT2D eigenvalue weighted by molar-refractivity contribution is 6.00. The fourth-order valence-electron chi connectivity index (χ4n) is 4.29. The van der Waals surface area contributed by atoms with Gasteiger partial charge in [0.25, 0.3) is 5.91 Å². The van der Waals surface area contributed by atoms with E-state index >= 15 is 0 Å². The first-order chi connectivity index (χ1) is 17.1. The molecule has 36 heavy (non-hydrogen) atoms. The molecule has 2 aromatic heterocycles. The van der Waals surface area contributed by atoms with Crippen LogP contribution in [0.2, 0.25) is 0 Å². The van der Waals surface area contributed by atoms with Gasteiger partial charge in [-0.1, -0.05) is 26.0 Å². The monoisotopic (exact) mass is 488 g/mol. The van der Waals surface area contributed by atoms with Gasteiger partial charge in [0, 0.05) is 54.9 Å². The Hall–Kier alpha value is -3.78. The Morgan fingerprint density at radius 1 is 1.17 bits per heavy atom. The number of nitrogens with zero attached hydrogens (tertiary/aromatic N) is 2. The van der Waals surface area contributed by atoms with E-state index in [9.17, 15) is 9.18 Å². The van der Waals surface area contributed by atoms with E-state index in [0.29, 0.717) is 35.0 Å². The molecule has 0 saturated carbocycles. The number of fused-ring (bicyclic) bond motifs is 1. The van der Waals surface area contributed by atoms with Crippen molar-refractivity contribution in [2.24, 2.45) is 0 Å². The third-order valence-corrected chi connectivity index (χ3v) is 6.19. The Labute approximate surface area is 211 Å². The van der Waals surface area contributed by atoms with E-state index in [4.69, 9.17) is 0 Å². The molecular formula is C28H33FN6O. The van der Waals surface area contributed by atoms with Gasteiger partial charge in [0.05, 0.1) is 16.9 Å². The first-order valence-corrected chi connectivity index (χ1v) is 12.0. The second-order valence-corrected chi connectivity index (χ2v) is 10.1. The van der Waals surface area contributed by atoms with Crippen molar-refractivity contribution in [1.82, 2.24) is 20.6 Å². The van der Waals surface area contributed by atoms with Gasteiger partial charge >= 0.3 is 0 Å². The molecule has 1 aliphatic rings. The third-order valence-electron chi connectivity index (χ3n) is 6.19. The molecule has 3 aromatic rings. The van der Waals surface area contributed by atoms with E-state index in [1.54, 1.807) is 30.5 Å². The molecule has 188 valence electrons. The zero-order valence-corrected chi connectivity index (χ0v) is 21.2. The van der Waals surface area contributed by atoms with Crippen LogP contribution in [0.15, 0.2) is 61.4 Å². The molecule has 0 saturated heterocycles. The summed E-state index contributed by atoms with van der Waals surface area (Å²) in [7, 11) is 0.